The second kappa shape index (κ2) is 12.4. The number of rotatable bonds is 5. The lowest BCUT2D eigenvalue weighted by atomic mass is 9.68. The van der Waals surface area contributed by atoms with Gasteiger partial charge in [-0.1, -0.05) is 182 Å². The highest BCUT2D eigenvalue weighted by Gasteiger charge is 2.52. The van der Waals surface area contributed by atoms with E-state index in [9.17, 15) is 0 Å². The van der Waals surface area contributed by atoms with E-state index in [0.717, 1.165) is 23.5 Å². The van der Waals surface area contributed by atoms with E-state index < -0.39 is 5.41 Å². The van der Waals surface area contributed by atoms with Gasteiger partial charge in [0.15, 0.2) is 0 Å². The first-order chi connectivity index (χ1) is 28.3. The molecule has 9 aromatic rings. The van der Waals surface area contributed by atoms with Crippen molar-refractivity contribution in [2.75, 3.05) is 4.90 Å². The topological polar surface area (TPSA) is 3.24 Å². The Labute approximate surface area is 333 Å². The predicted octanol–water partition coefficient (Wildman–Crippen LogP) is 14.4. The number of benzene rings is 9. The van der Waals surface area contributed by atoms with Gasteiger partial charge >= 0.3 is 0 Å². The average Bonchev–Trinajstić information content (AvgIpc) is 3.91. The van der Waals surface area contributed by atoms with Gasteiger partial charge in [0.05, 0.1) is 11.1 Å². The zero-order valence-corrected chi connectivity index (χ0v) is 31.4. The zero-order valence-electron chi connectivity index (χ0n) is 31.4. The third kappa shape index (κ3) is 4.57. The van der Waals surface area contributed by atoms with Crippen LogP contribution in [0.5, 0.6) is 0 Å². The number of hydrogen-bond donors (Lipinski definition) is 0. The van der Waals surface area contributed by atoms with Crippen LogP contribution in [0.1, 0.15) is 33.4 Å². The normalized spacial score (nSPS) is 13.3. The van der Waals surface area contributed by atoms with Crippen LogP contribution in [0.4, 0.5) is 17.1 Å². The van der Waals surface area contributed by atoms with Crippen LogP contribution in [0.15, 0.2) is 212 Å². The first-order valence-corrected chi connectivity index (χ1v) is 20.0. The van der Waals surface area contributed by atoms with Gasteiger partial charge in [-0.25, -0.2) is 0 Å². The summed E-state index contributed by atoms with van der Waals surface area (Å²) >= 11 is 0. The van der Waals surface area contributed by atoms with Gasteiger partial charge < -0.3 is 4.90 Å². The molecule has 3 aliphatic carbocycles. The summed E-state index contributed by atoms with van der Waals surface area (Å²) in [6.45, 7) is 0. The van der Waals surface area contributed by atoms with Crippen molar-refractivity contribution in [3.05, 3.63) is 246 Å². The van der Waals surface area contributed by atoms with Gasteiger partial charge in [-0.05, 0) is 120 Å². The van der Waals surface area contributed by atoms with E-state index in [-0.39, 0.29) is 0 Å². The quantitative estimate of drug-likeness (QED) is 0.171. The zero-order chi connectivity index (χ0) is 37.5. The Morgan fingerprint density at radius 1 is 0.316 bits per heavy atom. The SMILES string of the molecule is c1ccc(-c2ccccc2N(c2ccc(-c3cccc4c3C3(c5ccccc5-c5ccccc53)c3ccccc3-4)cc2)c2ccc3c(c2)Cc2ccccc2-3)cc1. The molecule has 0 heterocycles. The molecule has 57 heavy (non-hydrogen) atoms. The number of fused-ring (bicyclic) bond motifs is 13. The lowest BCUT2D eigenvalue weighted by Gasteiger charge is -2.32. The number of nitrogens with zero attached hydrogens (tertiary/aromatic N) is 1. The highest BCUT2D eigenvalue weighted by Crippen LogP contribution is 2.64. The minimum absolute atomic E-state index is 0.406. The Hall–Kier alpha value is -7.22. The molecule has 0 saturated heterocycles. The third-order valence-corrected chi connectivity index (χ3v) is 12.7. The van der Waals surface area contributed by atoms with Crippen molar-refractivity contribution in [1.82, 2.24) is 0 Å². The Balaban J connectivity index is 1.04. The molecular formula is C56H37N. The summed E-state index contributed by atoms with van der Waals surface area (Å²) in [5.74, 6) is 0. The summed E-state index contributed by atoms with van der Waals surface area (Å²) in [5, 5.41) is 0. The van der Waals surface area contributed by atoms with Gasteiger partial charge in [-0.3, -0.25) is 0 Å². The lowest BCUT2D eigenvalue weighted by Crippen LogP contribution is -2.26. The maximum Gasteiger partial charge on any atom is 0.0731 e. The van der Waals surface area contributed by atoms with Crippen molar-refractivity contribution in [3.8, 4) is 55.6 Å². The minimum Gasteiger partial charge on any atom is -0.310 e. The van der Waals surface area contributed by atoms with Crippen molar-refractivity contribution in [2.45, 2.75) is 11.8 Å². The van der Waals surface area contributed by atoms with Crippen LogP contribution in [0, 0.1) is 0 Å². The second-order valence-corrected chi connectivity index (χ2v) is 15.6. The summed E-state index contributed by atoms with van der Waals surface area (Å²) in [4.78, 5) is 2.45. The molecule has 0 fully saturated rings. The summed E-state index contributed by atoms with van der Waals surface area (Å²) < 4.78 is 0. The van der Waals surface area contributed by atoms with Crippen molar-refractivity contribution in [2.24, 2.45) is 0 Å². The molecule has 3 aliphatic rings. The molecule has 0 saturated carbocycles. The van der Waals surface area contributed by atoms with Crippen molar-refractivity contribution in [3.63, 3.8) is 0 Å². The predicted molar refractivity (Wildman–Crippen MR) is 237 cm³/mol. The molecule has 1 nitrogen and oxygen atoms in total. The van der Waals surface area contributed by atoms with Gasteiger partial charge in [-0.2, -0.15) is 0 Å². The third-order valence-electron chi connectivity index (χ3n) is 12.7. The molecule has 0 N–H and O–H groups in total. The van der Waals surface area contributed by atoms with Crippen molar-refractivity contribution in [1.29, 1.82) is 0 Å². The summed E-state index contributed by atoms with van der Waals surface area (Å²) in [6, 6.07) is 78.9. The monoisotopic (exact) mass is 723 g/mol. The van der Waals surface area contributed by atoms with E-state index in [0.29, 0.717) is 0 Å². The fourth-order valence-corrected chi connectivity index (χ4v) is 10.4. The number of para-hydroxylation sites is 1. The first kappa shape index (κ1) is 32.1. The molecular weight excluding hydrogens is 687 g/mol. The van der Waals surface area contributed by atoms with Gasteiger partial charge in [0, 0.05) is 16.9 Å². The molecule has 1 heteroatoms. The van der Waals surface area contributed by atoms with Crippen LogP contribution >= 0.6 is 0 Å². The summed E-state index contributed by atoms with van der Waals surface area (Å²) in [5.41, 5.74) is 24.1. The molecule has 0 aromatic heterocycles. The standard InChI is InChI=1S/C56H37N/c1-2-15-37(16-3-1)45-19-9-13-28-54(45)57(42-33-34-44-40(36-42)35-39-17-4-5-18-43(39)44)41-31-29-38(30-32-41)46-23-14-24-50-49-22-8-12-27-53(49)56(55(46)50)51-25-10-6-20-47(51)48-21-7-11-26-52(48)56/h1-34,36H,35H2. The largest absolute Gasteiger partial charge is 0.310 e. The Bertz CT molecular complexity index is 2980. The van der Waals surface area contributed by atoms with Crippen molar-refractivity contribution >= 4 is 17.1 Å². The highest BCUT2D eigenvalue weighted by atomic mass is 15.1. The fourth-order valence-electron chi connectivity index (χ4n) is 10.4. The van der Waals surface area contributed by atoms with E-state index in [2.05, 4.69) is 217 Å². The van der Waals surface area contributed by atoms with Gasteiger partial charge in [0.25, 0.3) is 0 Å². The number of anilines is 3. The van der Waals surface area contributed by atoms with E-state index in [1.54, 1.807) is 0 Å². The lowest BCUT2D eigenvalue weighted by molar-refractivity contribution is 0.796. The van der Waals surface area contributed by atoms with Crippen LogP contribution in [-0.2, 0) is 11.8 Å². The first-order valence-electron chi connectivity index (χ1n) is 20.0. The Morgan fingerprint density at radius 2 is 0.807 bits per heavy atom. The van der Waals surface area contributed by atoms with Crippen molar-refractivity contribution < 1.29 is 0 Å². The van der Waals surface area contributed by atoms with Gasteiger partial charge in [0.2, 0.25) is 0 Å². The molecule has 266 valence electrons. The van der Waals surface area contributed by atoms with Crippen LogP contribution in [-0.4, -0.2) is 0 Å². The molecule has 1 spiro atoms. The highest BCUT2D eigenvalue weighted by molar-refractivity contribution is 5.99. The molecule has 0 atom stereocenters. The molecule has 0 amide bonds. The van der Waals surface area contributed by atoms with Gasteiger partial charge in [0.1, 0.15) is 0 Å². The van der Waals surface area contributed by atoms with Crippen LogP contribution in [0.2, 0.25) is 0 Å². The molecule has 9 aromatic carbocycles. The van der Waals surface area contributed by atoms with E-state index in [4.69, 9.17) is 0 Å². The molecule has 0 unspecified atom stereocenters. The summed E-state index contributed by atoms with van der Waals surface area (Å²) in [6.07, 6.45) is 0.946. The van der Waals surface area contributed by atoms with E-state index in [1.807, 2.05) is 0 Å². The van der Waals surface area contributed by atoms with Crippen LogP contribution in [0.3, 0.4) is 0 Å². The maximum atomic E-state index is 2.45. The molecule has 0 bridgehead atoms. The smallest absolute Gasteiger partial charge is 0.0731 e. The van der Waals surface area contributed by atoms with E-state index >= 15 is 0 Å². The Kier molecular flexibility index (Phi) is 6.97. The second-order valence-electron chi connectivity index (χ2n) is 15.6. The number of hydrogen-bond acceptors (Lipinski definition) is 1. The van der Waals surface area contributed by atoms with Crippen LogP contribution < -0.4 is 4.90 Å². The van der Waals surface area contributed by atoms with Crippen LogP contribution in [0.25, 0.3) is 55.6 Å². The summed E-state index contributed by atoms with van der Waals surface area (Å²) in [7, 11) is 0. The molecule has 12 rings (SSSR count). The maximum absolute atomic E-state index is 2.45. The Morgan fingerprint density at radius 3 is 1.51 bits per heavy atom. The minimum atomic E-state index is -0.406. The average molecular weight is 724 g/mol. The molecule has 0 aliphatic heterocycles. The van der Waals surface area contributed by atoms with Gasteiger partial charge in [-0.15, -0.1) is 0 Å². The van der Waals surface area contributed by atoms with E-state index in [1.165, 1.54) is 89.0 Å². The molecule has 0 radical (unpaired) electrons. The fraction of sp³-hybridized carbons (Fsp3) is 0.0357.